The number of aliphatic hydroxyl groups is 1. The molecule has 18 heavy (non-hydrogen) atoms. The summed E-state index contributed by atoms with van der Waals surface area (Å²) in [6, 6.07) is 0. The highest BCUT2D eigenvalue weighted by Gasteiger charge is 2.18. The monoisotopic (exact) mass is 258 g/mol. The SMILES string of the molecule is CCCCC(CC)COC(O)C(CC)CCCC. The number of hydrogen-bond donors (Lipinski definition) is 1. The summed E-state index contributed by atoms with van der Waals surface area (Å²) in [5, 5.41) is 10.1. The van der Waals surface area contributed by atoms with Crippen molar-refractivity contribution in [2.45, 2.75) is 85.4 Å². The van der Waals surface area contributed by atoms with E-state index in [-0.39, 0.29) is 0 Å². The molecule has 3 unspecified atom stereocenters. The van der Waals surface area contributed by atoms with Gasteiger partial charge in [0.25, 0.3) is 0 Å². The van der Waals surface area contributed by atoms with E-state index in [1.807, 2.05) is 0 Å². The Morgan fingerprint density at radius 2 is 1.50 bits per heavy atom. The largest absolute Gasteiger partial charge is 0.368 e. The third-order valence-electron chi connectivity index (χ3n) is 3.90. The summed E-state index contributed by atoms with van der Waals surface area (Å²) < 4.78 is 5.70. The molecular formula is C16H34O2. The summed E-state index contributed by atoms with van der Waals surface area (Å²) in [5.41, 5.74) is 0. The highest BCUT2D eigenvalue weighted by molar-refractivity contribution is 4.62. The lowest BCUT2D eigenvalue weighted by Gasteiger charge is -2.24. The van der Waals surface area contributed by atoms with Crippen LogP contribution in [-0.4, -0.2) is 18.0 Å². The molecular weight excluding hydrogens is 224 g/mol. The fourth-order valence-corrected chi connectivity index (χ4v) is 2.28. The second-order valence-corrected chi connectivity index (χ2v) is 5.45. The molecule has 0 aliphatic heterocycles. The van der Waals surface area contributed by atoms with E-state index in [2.05, 4.69) is 27.7 Å². The van der Waals surface area contributed by atoms with Gasteiger partial charge in [0, 0.05) is 5.92 Å². The molecule has 110 valence electrons. The average Bonchev–Trinajstić information content (AvgIpc) is 2.39. The highest BCUT2D eigenvalue weighted by atomic mass is 16.6. The Morgan fingerprint density at radius 1 is 0.889 bits per heavy atom. The topological polar surface area (TPSA) is 29.5 Å². The molecule has 0 aliphatic rings. The van der Waals surface area contributed by atoms with Crippen molar-refractivity contribution in [3.63, 3.8) is 0 Å². The van der Waals surface area contributed by atoms with E-state index in [4.69, 9.17) is 4.74 Å². The van der Waals surface area contributed by atoms with Crippen LogP contribution in [-0.2, 0) is 4.74 Å². The summed E-state index contributed by atoms with van der Waals surface area (Å²) in [7, 11) is 0. The minimum atomic E-state index is -0.558. The van der Waals surface area contributed by atoms with Gasteiger partial charge in [-0.2, -0.15) is 0 Å². The van der Waals surface area contributed by atoms with E-state index in [1.165, 1.54) is 32.1 Å². The zero-order valence-electron chi connectivity index (χ0n) is 13.0. The zero-order valence-corrected chi connectivity index (χ0v) is 13.0. The van der Waals surface area contributed by atoms with Gasteiger partial charge in [-0.1, -0.05) is 59.8 Å². The molecule has 0 aromatic heterocycles. The van der Waals surface area contributed by atoms with Crippen LogP contribution in [0, 0.1) is 11.8 Å². The minimum absolute atomic E-state index is 0.314. The molecule has 1 N–H and O–H groups in total. The number of hydrogen-bond acceptors (Lipinski definition) is 2. The maximum absolute atomic E-state index is 10.1. The molecule has 3 atom stereocenters. The van der Waals surface area contributed by atoms with E-state index >= 15 is 0 Å². The number of ether oxygens (including phenoxy) is 1. The molecule has 0 radical (unpaired) electrons. The minimum Gasteiger partial charge on any atom is -0.368 e. The van der Waals surface area contributed by atoms with Crippen LogP contribution in [0.15, 0.2) is 0 Å². The van der Waals surface area contributed by atoms with Gasteiger partial charge in [0.15, 0.2) is 6.29 Å². The van der Waals surface area contributed by atoms with Gasteiger partial charge in [0.05, 0.1) is 6.61 Å². The molecule has 0 bridgehead atoms. The number of aliphatic hydroxyl groups excluding tert-OH is 1. The second-order valence-electron chi connectivity index (χ2n) is 5.45. The first-order valence-corrected chi connectivity index (χ1v) is 7.99. The molecule has 0 fully saturated rings. The first-order valence-electron chi connectivity index (χ1n) is 7.99. The molecule has 0 spiro atoms. The van der Waals surface area contributed by atoms with Crippen molar-refractivity contribution >= 4 is 0 Å². The highest BCUT2D eigenvalue weighted by Crippen LogP contribution is 2.20. The fourth-order valence-electron chi connectivity index (χ4n) is 2.28. The van der Waals surface area contributed by atoms with Gasteiger partial charge in [-0.15, -0.1) is 0 Å². The first-order chi connectivity index (χ1) is 8.69. The van der Waals surface area contributed by atoms with Gasteiger partial charge >= 0.3 is 0 Å². The van der Waals surface area contributed by atoms with E-state index in [0.29, 0.717) is 11.8 Å². The third kappa shape index (κ3) is 8.10. The van der Waals surface area contributed by atoms with Crippen LogP contribution in [0.3, 0.4) is 0 Å². The van der Waals surface area contributed by atoms with E-state index in [0.717, 1.165) is 25.9 Å². The predicted octanol–water partition coefficient (Wildman–Crippen LogP) is 4.75. The van der Waals surface area contributed by atoms with Crippen LogP contribution < -0.4 is 0 Å². The van der Waals surface area contributed by atoms with Gasteiger partial charge in [0.2, 0.25) is 0 Å². The summed E-state index contributed by atoms with van der Waals surface area (Å²) in [5.74, 6) is 0.928. The van der Waals surface area contributed by atoms with Gasteiger partial charge in [-0.3, -0.25) is 0 Å². The van der Waals surface area contributed by atoms with Crippen LogP contribution >= 0.6 is 0 Å². The average molecular weight is 258 g/mol. The Balaban J connectivity index is 3.91. The normalized spacial score (nSPS) is 16.5. The van der Waals surface area contributed by atoms with Crippen LogP contribution in [0.4, 0.5) is 0 Å². The van der Waals surface area contributed by atoms with Crippen molar-refractivity contribution in [1.29, 1.82) is 0 Å². The third-order valence-corrected chi connectivity index (χ3v) is 3.90. The van der Waals surface area contributed by atoms with Crippen molar-refractivity contribution < 1.29 is 9.84 Å². The van der Waals surface area contributed by atoms with Crippen molar-refractivity contribution in [2.75, 3.05) is 6.61 Å². The first kappa shape index (κ1) is 17.9. The molecule has 2 nitrogen and oxygen atoms in total. The molecule has 0 aromatic rings. The number of rotatable bonds is 12. The predicted molar refractivity (Wildman–Crippen MR) is 78.6 cm³/mol. The Bertz CT molecular complexity index is 170. The molecule has 0 saturated carbocycles. The molecule has 0 heterocycles. The van der Waals surface area contributed by atoms with Gasteiger partial charge < -0.3 is 9.84 Å². The Labute approximate surface area is 114 Å². The lowest BCUT2D eigenvalue weighted by atomic mass is 9.98. The Kier molecular flexibility index (Phi) is 11.9. The summed E-state index contributed by atoms with van der Waals surface area (Å²) in [4.78, 5) is 0. The molecule has 0 aromatic carbocycles. The molecule has 0 rings (SSSR count). The van der Waals surface area contributed by atoms with Gasteiger partial charge in [-0.05, 0) is 25.2 Å². The molecule has 0 saturated heterocycles. The summed E-state index contributed by atoms with van der Waals surface area (Å²) in [6.07, 6.45) is 8.80. The summed E-state index contributed by atoms with van der Waals surface area (Å²) >= 11 is 0. The lowest BCUT2D eigenvalue weighted by Crippen LogP contribution is -2.26. The van der Waals surface area contributed by atoms with Crippen LogP contribution in [0.5, 0.6) is 0 Å². The van der Waals surface area contributed by atoms with Crippen LogP contribution in [0.1, 0.15) is 79.1 Å². The standard InChI is InChI=1S/C16H34O2/c1-5-9-11-14(7-3)13-18-16(17)15(8-4)12-10-6-2/h14-17H,5-13H2,1-4H3. The van der Waals surface area contributed by atoms with Gasteiger partial charge in [-0.25, -0.2) is 0 Å². The van der Waals surface area contributed by atoms with Crippen molar-refractivity contribution in [3.8, 4) is 0 Å². The number of unbranched alkanes of at least 4 members (excludes halogenated alkanes) is 2. The van der Waals surface area contributed by atoms with Crippen LogP contribution in [0.2, 0.25) is 0 Å². The van der Waals surface area contributed by atoms with Crippen molar-refractivity contribution in [1.82, 2.24) is 0 Å². The van der Waals surface area contributed by atoms with E-state index in [9.17, 15) is 5.11 Å². The van der Waals surface area contributed by atoms with Crippen molar-refractivity contribution in [2.24, 2.45) is 11.8 Å². The maximum atomic E-state index is 10.1. The molecule has 2 heteroatoms. The van der Waals surface area contributed by atoms with Crippen LogP contribution in [0.25, 0.3) is 0 Å². The quantitative estimate of drug-likeness (QED) is 0.512. The Hall–Kier alpha value is -0.0800. The zero-order chi connectivity index (χ0) is 13.8. The second kappa shape index (κ2) is 12.0. The lowest BCUT2D eigenvalue weighted by molar-refractivity contribution is -0.145. The smallest absolute Gasteiger partial charge is 0.157 e. The van der Waals surface area contributed by atoms with Crippen molar-refractivity contribution in [3.05, 3.63) is 0 Å². The fraction of sp³-hybridized carbons (Fsp3) is 1.00. The van der Waals surface area contributed by atoms with E-state index in [1.54, 1.807) is 0 Å². The Morgan fingerprint density at radius 3 is 2.00 bits per heavy atom. The van der Waals surface area contributed by atoms with Gasteiger partial charge in [0.1, 0.15) is 0 Å². The molecule has 0 amide bonds. The maximum Gasteiger partial charge on any atom is 0.157 e. The molecule has 0 aliphatic carbocycles. The van der Waals surface area contributed by atoms with E-state index < -0.39 is 6.29 Å². The summed E-state index contributed by atoms with van der Waals surface area (Å²) in [6.45, 7) is 9.49.